The van der Waals surface area contributed by atoms with Gasteiger partial charge in [-0.1, -0.05) is 13.8 Å². The first-order chi connectivity index (χ1) is 7.28. The van der Waals surface area contributed by atoms with Gasteiger partial charge in [0.1, 0.15) is 0 Å². The van der Waals surface area contributed by atoms with Crippen LogP contribution in [0.1, 0.15) is 46.1 Å². The van der Waals surface area contributed by atoms with Crippen molar-refractivity contribution in [2.24, 2.45) is 17.1 Å². The normalized spacial score (nSPS) is 28.1. The molecule has 1 fully saturated rings. The second-order valence-electron chi connectivity index (χ2n) is 6.53. The van der Waals surface area contributed by atoms with Crippen molar-refractivity contribution in [3.8, 4) is 0 Å². The summed E-state index contributed by atoms with van der Waals surface area (Å²) >= 11 is 0. The zero-order chi connectivity index (χ0) is 12.1. The van der Waals surface area contributed by atoms with Crippen LogP contribution in [0.2, 0.25) is 0 Å². The Bertz CT molecular complexity index is 384. The van der Waals surface area contributed by atoms with Crippen molar-refractivity contribution >= 4 is 0 Å². The highest BCUT2D eigenvalue weighted by Crippen LogP contribution is 2.63. The lowest BCUT2D eigenvalue weighted by Crippen LogP contribution is -2.21. The van der Waals surface area contributed by atoms with E-state index >= 15 is 0 Å². The number of hydrogen-bond acceptors (Lipinski definition) is 2. The molecule has 0 spiro atoms. The molecule has 0 unspecified atom stereocenters. The Morgan fingerprint density at radius 1 is 1.44 bits per heavy atom. The molecular formula is C13H23N3. The van der Waals surface area contributed by atoms with Crippen LogP contribution in [0.4, 0.5) is 0 Å². The zero-order valence-electron chi connectivity index (χ0n) is 11.0. The van der Waals surface area contributed by atoms with Gasteiger partial charge in [0.15, 0.2) is 0 Å². The standard InChI is InChI=1S/C13H23N3/c1-12(2,3)16-8-9(7-15-16)11-10(6-14)13(11,4)5/h7-8,10-11H,6,14H2,1-5H3/t10-,11-/m1/s1. The fourth-order valence-corrected chi connectivity index (χ4v) is 2.71. The van der Waals surface area contributed by atoms with E-state index in [1.54, 1.807) is 0 Å². The van der Waals surface area contributed by atoms with Gasteiger partial charge < -0.3 is 5.73 Å². The lowest BCUT2D eigenvalue weighted by molar-refractivity contribution is 0.355. The molecule has 0 aliphatic heterocycles. The topological polar surface area (TPSA) is 43.8 Å². The quantitative estimate of drug-likeness (QED) is 0.833. The highest BCUT2D eigenvalue weighted by atomic mass is 15.3. The first-order valence-corrected chi connectivity index (χ1v) is 6.03. The molecule has 1 aromatic heterocycles. The maximum Gasteiger partial charge on any atom is 0.0543 e. The second-order valence-corrected chi connectivity index (χ2v) is 6.53. The first-order valence-electron chi connectivity index (χ1n) is 6.03. The van der Waals surface area contributed by atoms with Gasteiger partial charge in [-0.15, -0.1) is 0 Å². The van der Waals surface area contributed by atoms with Gasteiger partial charge in [-0.05, 0) is 50.1 Å². The van der Waals surface area contributed by atoms with Crippen molar-refractivity contribution < 1.29 is 0 Å². The summed E-state index contributed by atoms with van der Waals surface area (Å²) in [6.45, 7) is 11.9. The molecule has 0 amide bonds. The maximum absolute atomic E-state index is 5.80. The van der Waals surface area contributed by atoms with Crippen LogP contribution >= 0.6 is 0 Å². The van der Waals surface area contributed by atoms with Crippen LogP contribution in [-0.4, -0.2) is 16.3 Å². The molecule has 1 aromatic rings. The number of nitrogens with zero attached hydrogens (tertiary/aromatic N) is 2. The molecule has 90 valence electrons. The first kappa shape index (κ1) is 11.6. The van der Waals surface area contributed by atoms with E-state index in [2.05, 4.69) is 45.9 Å². The Kier molecular flexibility index (Phi) is 2.42. The van der Waals surface area contributed by atoms with Crippen LogP contribution in [0.15, 0.2) is 12.4 Å². The third-order valence-electron chi connectivity index (χ3n) is 3.95. The molecule has 2 N–H and O–H groups in total. The van der Waals surface area contributed by atoms with Crippen molar-refractivity contribution in [1.29, 1.82) is 0 Å². The molecule has 2 atom stereocenters. The van der Waals surface area contributed by atoms with E-state index in [0.29, 0.717) is 17.3 Å². The molecule has 1 aliphatic carbocycles. The van der Waals surface area contributed by atoms with Crippen LogP contribution < -0.4 is 5.73 Å². The van der Waals surface area contributed by atoms with Gasteiger partial charge in [0, 0.05) is 6.20 Å². The fourth-order valence-electron chi connectivity index (χ4n) is 2.71. The summed E-state index contributed by atoms with van der Waals surface area (Å²) in [5, 5.41) is 4.46. The molecule has 2 rings (SSSR count). The molecule has 3 nitrogen and oxygen atoms in total. The third kappa shape index (κ3) is 1.67. The van der Waals surface area contributed by atoms with Crippen LogP contribution in [0.5, 0.6) is 0 Å². The smallest absolute Gasteiger partial charge is 0.0543 e. The zero-order valence-corrected chi connectivity index (χ0v) is 11.0. The second kappa shape index (κ2) is 3.33. The molecule has 0 aromatic carbocycles. The molecule has 0 radical (unpaired) electrons. The predicted octanol–water partition coefficient (Wildman–Crippen LogP) is 2.34. The Morgan fingerprint density at radius 2 is 2.06 bits per heavy atom. The monoisotopic (exact) mass is 221 g/mol. The number of rotatable bonds is 2. The highest BCUT2D eigenvalue weighted by molar-refractivity contribution is 5.28. The van der Waals surface area contributed by atoms with Gasteiger partial charge in [-0.25, -0.2) is 0 Å². The Hall–Kier alpha value is -0.830. The molecule has 16 heavy (non-hydrogen) atoms. The summed E-state index contributed by atoms with van der Waals surface area (Å²) in [4.78, 5) is 0. The van der Waals surface area contributed by atoms with Gasteiger partial charge in [0.2, 0.25) is 0 Å². The van der Waals surface area contributed by atoms with E-state index in [1.807, 2.05) is 10.9 Å². The predicted molar refractivity (Wildman–Crippen MR) is 66.3 cm³/mol. The van der Waals surface area contributed by atoms with Crippen molar-refractivity contribution in [2.75, 3.05) is 6.54 Å². The maximum atomic E-state index is 5.80. The van der Waals surface area contributed by atoms with Crippen molar-refractivity contribution in [1.82, 2.24) is 9.78 Å². The van der Waals surface area contributed by atoms with Gasteiger partial charge in [-0.3, -0.25) is 4.68 Å². The van der Waals surface area contributed by atoms with E-state index in [4.69, 9.17) is 5.73 Å². The molecule has 1 saturated carbocycles. The van der Waals surface area contributed by atoms with Crippen molar-refractivity contribution in [3.63, 3.8) is 0 Å². The van der Waals surface area contributed by atoms with E-state index in [9.17, 15) is 0 Å². The molecular weight excluding hydrogens is 198 g/mol. The lowest BCUT2D eigenvalue weighted by atomic mass is 10.1. The third-order valence-corrected chi connectivity index (χ3v) is 3.95. The molecule has 0 bridgehead atoms. The Balaban J connectivity index is 2.22. The largest absolute Gasteiger partial charge is 0.330 e. The van der Waals surface area contributed by atoms with E-state index in [-0.39, 0.29) is 5.54 Å². The minimum absolute atomic E-state index is 0.0650. The average molecular weight is 221 g/mol. The van der Waals surface area contributed by atoms with Crippen molar-refractivity contribution in [2.45, 2.75) is 46.1 Å². The summed E-state index contributed by atoms with van der Waals surface area (Å²) in [6, 6.07) is 0. The average Bonchev–Trinajstić information content (AvgIpc) is 2.57. The Morgan fingerprint density at radius 3 is 2.44 bits per heavy atom. The summed E-state index contributed by atoms with van der Waals surface area (Å²) < 4.78 is 2.05. The Labute approximate surface area is 98.0 Å². The van der Waals surface area contributed by atoms with Crippen molar-refractivity contribution in [3.05, 3.63) is 18.0 Å². The van der Waals surface area contributed by atoms with E-state index in [1.165, 1.54) is 5.56 Å². The minimum Gasteiger partial charge on any atom is -0.330 e. The van der Waals surface area contributed by atoms with E-state index in [0.717, 1.165) is 6.54 Å². The van der Waals surface area contributed by atoms with Gasteiger partial charge in [0.05, 0.1) is 11.7 Å². The molecule has 1 heterocycles. The summed E-state index contributed by atoms with van der Waals surface area (Å²) in [5.41, 5.74) is 7.56. The van der Waals surface area contributed by atoms with Crippen LogP contribution in [-0.2, 0) is 5.54 Å². The number of nitrogens with two attached hydrogens (primary N) is 1. The summed E-state index contributed by atoms with van der Waals surface area (Å²) in [7, 11) is 0. The van der Waals surface area contributed by atoms with Crippen LogP contribution in [0, 0.1) is 11.3 Å². The molecule has 3 heteroatoms. The van der Waals surface area contributed by atoms with Gasteiger partial charge >= 0.3 is 0 Å². The highest BCUT2D eigenvalue weighted by Gasteiger charge is 2.57. The van der Waals surface area contributed by atoms with Crippen LogP contribution in [0.3, 0.4) is 0 Å². The lowest BCUT2D eigenvalue weighted by Gasteiger charge is -2.18. The van der Waals surface area contributed by atoms with Gasteiger partial charge in [-0.2, -0.15) is 5.10 Å². The number of hydrogen-bond donors (Lipinski definition) is 1. The molecule has 0 saturated heterocycles. The van der Waals surface area contributed by atoms with Gasteiger partial charge in [0.25, 0.3) is 0 Å². The SMILES string of the molecule is CC1(C)[C@H](CN)[C@H]1c1cnn(C(C)(C)C)c1. The fraction of sp³-hybridized carbons (Fsp3) is 0.769. The van der Waals surface area contributed by atoms with E-state index < -0.39 is 0 Å². The van der Waals surface area contributed by atoms with Crippen LogP contribution in [0.25, 0.3) is 0 Å². The summed E-state index contributed by atoms with van der Waals surface area (Å²) in [6.07, 6.45) is 4.19. The number of aromatic nitrogens is 2. The minimum atomic E-state index is 0.0650. The summed E-state index contributed by atoms with van der Waals surface area (Å²) in [5.74, 6) is 1.21. The molecule has 1 aliphatic rings.